The number of esters is 1. The molecule has 14 nitrogen and oxygen atoms in total. The van der Waals surface area contributed by atoms with Crippen molar-refractivity contribution < 1.29 is 39.0 Å². The number of carboxylic acid groups (broad SMARTS) is 1. The molecule has 3 aromatic heterocycles. The Hall–Kier alpha value is -8.34. The number of methoxy groups -OCH3 is 1. The number of nitrogens with one attached hydrogen (secondary N) is 1. The Morgan fingerprint density at radius 2 is 1.00 bits per heavy atom. The molecule has 5 N–H and O–H groups in total. The van der Waals surface area contributed by atoms with Crippen LogP contribution in [0.1, 0.15) is 96.8 Å². The number of hydrogen-bond acceptors (Lipinski definition) is 12. The van der Waals surface area contributed by atoms with E-state index >= 15 is 0 Å². The molecule has 6 aromatic carbocycles. The van der Waals surface area contributed by atoms with Crippen LogP contribution in [0, 0.1) is 0 Å². The molecule has 84 heavy (non-hydrogen) atoms. The van der Waals surface area contributed by atoms with Gasteiger partial charge in [-0.15, -0.1) is 0 Å². The molecule has 1 fully saturated rings. The van der Waals surface area contributed by atoms with Crippen LogP contribution in [-0.4, -0.2) is 86.6 Å². The molecule has 440 valence electrons. The predicted octanol–water partition coefficient (Wildman–Crippen LogP) is 14.6. The first-order valence-electron chi connectivity index (χ1n) is 27.6. The number of aliphatic carboxylic acids is 1. The zero-order chi connectivity index (χ0) is 58.6. The quantitative estimate of drug-likeness (QED) is 0.0273. The van der Waals surface area contributed by atoms with Gasteiger partial charge in [0.15, 0.2) is 5.78 Å². The summed E-state index contributed by atoms with van der Waals surface area (Å²) in [4.78, 5) is 69.1. The molecule has 0 bridgehead atoms. The van der Waals surface area contributed by atoms with E-state index in [9.17, 15) is 24.0 Å². The lowest BCUT2D eigenvalue weighted by Crippen LogP contribution is -2.25. The van der Waals surface area contributed by atoms with E-state index in [-0.39, 0.29) is 57.4 Å². The van der Waals surface area contributed by atoms with E-state index in [0.29, 0.717) is 13.0 Å². The Morgan fingerprint density at radius 1 is 0.571 bits per heavy atom. The van der Waals surface area contributed by atoms with Crippen LogP contribution in [0.15, 0.2) is 181 Å². The van der Waals surface area contributed by atoms with Crippen LogP contribution in [0.4, 0.5) is 0 Å². The van der Waals surface area contributed by atoms with Crippen molar-refractivity contribution in [2.45, 2.75) is 99.3 Å². The normalized spacial score (nSPS) is 11.3. The Kier molecular flexibility index (Phi) is 29.4. The summed E-state index contributed by atoms with van der Waals surface area (Å²) in [6, 6.07) is 52.0. The van der Waals surface area contributed by atoms with Crippen LogP contribution in [0.2, 0.25) is 0 Å². The topological polar surface area (TPSA) is 215 Å². The smallest absolute Gasteiger partial charge is 0.310 e. The monoisotopic (exact) mass is 1200 g/mol. The van der Waals surface area contributed by atoms with Crippen LogP contribution in [0.25, 0.3) is 66.1 Å². The van der Waals surface area contributed by atoms with Crippen molar-refractivity contribution in [3.63, 3.8) is 0 Å². The maximum atomic E-state index is 12.5. The fraction of sp³-hybridized carbons (Fsp3) is 0.275. The van der Waals surface area contributed by atoms with Gasteiger partial charge in [-0.3, -0.25) is 44.1 Å². The molecule has 10 rings (SSSR count). The SMILES string of the molecule is C.C.CCCCCN.CCCCCNCC(=O)Cc1cnc2ccccc2c1-c1ccccc1.COC(=O)Cc1cnc2c(Br)cccc2c1-c1ccccc1.O=C(O)Cc1cnc2ccccc2c1-c1ccccc1.O=C1CCC(=O)N1O. The number of carbonyl (C=O) groups is 5. The van der Waals surface area contributed by atoms with Gasteiger partial charge in [0.2, 0.25) is 0 Å². The number of carbonyl (C=O) groups excluding carboxylic acids is 4. The highest BCUT2D eigenvalue weighted by molar-refractivity contribution is 9.10. The molecule has 2 amide bonds. The number of fused-ring (bicyclic) bond motifs is 3. The number of amides is 2. The number of hydroxylamine groups is 2. The fourth-order valence-corrected chi connectivity index (χ4v) is 9.65. The molecule has 0 radical (unpaired) electrons. The van der Waals surface area contributed by atoms with E-state index in [1.54, 1.807) is 12.4 Å². The Morgan fingerprint density at radius 3 is 1.44 bits per heavy atom. The largest absolute Gasteiger partial charge is 0.481 e. The number of rotatable bonds is 18. The molecule has 1 aliphatic rings. The van der Waals surface area contributed by atoms with Crippen LogP contribution >= 0.6 is 15.9 Å². The summed E-state index contributed by atoms with van der Waals surface area (Å²) in [5.41, 5.74) is 16.8. The average Bonchev–Trinajstić information content (AvgIpc) is 2.62. The van der Waals surface area contributed by atoms with Crippen molar-refractivity contribution in [1.82, 2.24) is 25.3 Å². The number of halogens is 1. The number of unbranched alkanes of at least 4 members (excludes halogenated alkanes) is 4. The third-order valence-corrected chi connectivity index (χ3v) is 13.9. The average molecular weight is 1200 g/mol. The van der Waals surface area contributed by atoms with Crippen LogP contribution in [0.3, 0.4) is 0 Å². The zero-order valence-corrected chi connectivity index (χ0v) is 48.3. The van der Waals surface area contributed by atoms with Crippen LogP contribution < -0.4 is 11.1 Å². The number of hydrogen-bond donors (Lipinski definition) is 4. The second kappa shape index (κ2) is 36.3. The van der Waals surface area contributed by atoms with Crippen molar-refractivity contribution in [3.05, 3.63) is 197 Å². The summed E-state index contributed by atoms with van der Waals surface area (Å²) < 4.78 is 5.74. The number of Topliss-reactive ketones (excluding diaryl/α,β-unsaturated/α-hetero) is 1. The summed E-state index contributed by atoms with van der Waals surface area (Å²) >= 11 is 3.54. The van der Waals surface area contributed by atoms with Gasteiger partial charge in [-0.05, 0) is 110 Å². The van der Waals surface area contributed by atoms with Gasteiger partial charge in [0.1, 0.15) is 0 Å². The third kappa shape index (κ3) is 19.9. The number of pyridine rings is 3. The predicted molar refractivity (Wildman–Crippen MR) is 342 cm³/mol. The first kappa shape index (κ1) is 68.2. The van der Waals surface area contributed by atoms with E-state index in [2.05, 4.69) is 68.2 Å². The molecule has 0 spiro atoms. The molecule has 4 heterocycles. The number of ether oxygens (including phenoxy) is 1. The molecule has 0 atom stereocenters. The van der Waals surface area contributed by atoms with E-state index in [4.69, 9.17) is 20.8 Å². The minimum Gasteiger partial charge on any atom is -0.481 e. The van der Waals surface area contributed by atoms with Crippen molar-refractivity contribution in [3.8, 4) is 33.4 Å². The zero-order valence-electron chi connectivity index (χ0n) is 46.7. The molecule has 9 aromatic rings. The highest BCUT2D eigenvalue weighted by Crippen LogP contribution is 2.35. The molecular formula is C69H79BrN6O8. The lowest BCUT2D eigenvalue weighted by atomic mass is 9.94. The molecular weight excluding hydrogens is 1120 g/mol. The number of ketones is 1. The number of imide groups is 1. The molecule has 0 aliphatic carbocycles. The Balaban J connectivity index is 0.000000241. The summed E-state index contributed by atoms with van der Waals surface area (Å²) in [5, 5.41) is 24.0. The van der Waals surface area contributed by atoms with Gasteiger partial charge in [-0.2, -0.15) is 5.06 Å². The second-order valence-electron chi connectivity index (χ2n) is 19.3. The van der Waals surface area contributed by atoms with E-state index in [1.807, 2.05) is 146 Å². The fourth-order valence-electron chi connectivity index (χ4n) is 9.19. The summed E-state index contributed by atoms with van der Waals surface area (Å²) in [6.07, 6.45) is 13.4. The van der Waals surface area contributed by atoms with Gasteiger partial charge >= 0.3 is 11.9 Å². The van der Waals surface area contributed by atoms with Crippen molar-refractivity contribution in [2.24, 2.45) is 5.73 Å². The summed E-state index contributed by atoms with van der Waals surface area (Å²) in [6.45, 7) is 6.54. The maximum absolute atomic E-state index is 12.5. The minimum atomic E-state index is -0.848. The minimum absolute atomic E-state index is 0. The summed E-state index contributed by atoms with van der Waals surface area (Å²) in [7, 11) is 1.40. The molecule has 15 heteroatoms. The molecule has 0 saturated carbocycles. The molecule has 0 unspecified atom stereocenters. The van der Waals surface area contributed by atoms with Gasteiger partial charge in [0, 0.05) is 58.5 Å². The first-order chi connectivity index (χ1) is 39.9. The Labute approximate surface area is 502 Å². The van der Waals surface area contributed by atoms with Gasteiger partial charge in [0.05, 0.1) is 43.0 Å². The lowest BCUT2D eigenvalue weighted by molar-refractivity contribution is -0.171. The number of carboxylic acids is 1. The van der Waals surface area contributed by atoms with E-state index in [0.717, 1.165) is 107 Å². The lowest BCUT2D eigenvalue weighted by Gasteiger charge is -2.13. The van der Waals surface area contributed by atoms with E-state index < -0.39 is 17.8 Å². The highest BCUT2D eigenvalue weighted by atomic mass is 79.9. The van der Waals surface area contributed by atoms with Gasteiger partial charge in [-0.1, -0.05) is 194 Å². The molecule has 1 saturated heterocycles. The van der Waals surface area contributed by atoms with Gasteiger partial charge in [0.25, 0.3) is 11.8 Å². The maximum Gasteiger partial charge on any atom is 0.310 e. The molecule has 1 aliphatic heterocycles. The summed E-state index contributed by atoms with van der Waals surface area (Å²) in [5.74, 6) is -1.92. The number of para-hydroxylation sites is 3. The Bertz CT molecular complexity index is 3510. The highest BCUT2D eigenvalue weighted by Gasteiger charge is 2.27. The number of nitrogens with zero attached hydrogens (tertiary/aromatic N) is 4. The third-order valence-electron chi connectivity index (χ3n) is 13.2. The number of aromatic nitrogens is 3. The van der Waals surface area contributed by atoms with Crippen molar-refractivity contribution in [1.29, 1.82) is 0 Å². The number of benzene rings is 6. The van der Waals surface area contributed by atoms with Crippen LogP contribution in [0.5, 0.6) is 0 Å². The van der Waals surface area contributed by atoms with Gasteiger partial charge < -0.3 is 20.9 Å². The van der Waals surface area contributed by atoms with E-state index in [1.165, 1.54) is 39.2 Å². The standard InChI is InChI=1S/C23H26N2O.C18H14BrNO2.C17H13NO2.C5H13N.C4H5NO3.2CH4/c1-2-3-9-14-24-17-20(26)15-19-16-25-22-13-8-7-12-21(22)23(19)18-10-5-4-6-11-18;1-22-16(21)10-13-11-20-18-14(8-5-9-15(18)19)17(13)12-6-3-2-4-7-12;19-16(20)10-13-11-18-15-9-5-4-8-14(15)17(13)12-6-2-1-3-7-12;1-2-3-4-5-6;6-3-1-2-4(7)5(3)8;;/h4-8,10-13,16,24H,2-3,9,14-15,17H2,1H3;2-9,11H,10H2,1H3;1-9,11H,10H2,(H,19,20);2-6H2,1H3;8H,1-2H2;2*1H4. The second-order valence-corrected chi connectivity index (χ2v) is 20.1. The number of nitrogens with two attached hydrogens (primary N) is 1. The van der Waals surface area contributed by atoms with Crippen molar-refractivity contribution >= 4 is 78.2 Å². The van der Waals surface area contributed by atoms with Crippen molar-refractivity contribution in [2.75, 3.05) is 26.7 Å². The van der Waals surface area contributed by atoms with Gasteiger partial charge in [-0.25, -0.2) is 0 Å². The first-order valence-corrected chi connectivity index (χ1v) is 28.4. The van der Waals surface area contributed by atoms with Crippen LogP contribution in [-0.2, 0) is 48.0 Å².